The molecule has 0 radical (unpaired) electrons. The Morgan fingerprint density at radius 2 is 2.06 bits per heavy atom. The summed E-state index contributed by atoms with van der Waals surface area (Å²) in [6, 6.07) is 1.32. The van der Waals surface area contributed by atoms with Gasteiger partial charge < -0.3 is 0 Å². The van der Waals surface area contributed by atoms with Gasteiger partial charge >= 0.3 is 0 Å². The first kappa shape index (κ1) is 10.2. The quantitative estimate of drug-likeness (QED) is 0.350. The largest absolute Gasteiger partial charge is 0.298 e. The van der Waals surface area contributed by atoms with Crippen LogP contribution in [0.1, 0.15) is 20.7 Å². The van der Waals surface area contributed by atoms with Crippen LogP contribution in [-0.2, 0) is 0 Å². The number of azide groups is 1. The molecule has 0 N–H and O–H groups in total. The fourth-order valence-corrected chi connectivity index (χ4v) is 1.89. The van der Waals surface area contributed by atoms with Gasteiger partial charge in [-0.2, -0.15) is 8.75 Å². The van der Waals surface area contributed by atoms with Gasteiger partial charge in [-0.05, 0) is 11.6 Å². The Bertz CT molecular complexity index is 629. The van der Waals surface area contributed by atoms with E-state index in [-0.39, 0.29) is 22.3 Å². The van der Waals surface area contributed by atoms with E-state index in [0.29, 0.717) is 18.1 Å². The smallest absolute Gasteiger partial charge is 0.152 e. The molecule has 0 atom stereocenters. The first-order chi connectivity index (χ1) is 7.81. The maximum absolute atomic E-state index is 10.9. The van der Waals surface area contributed by atoms with E-state index in [1.54, 1.807) is 0 Å². The van der Waals surface area contributed by atoms with Crippen LogP contribution in [-0.4, -0.2) is 21.3 Å². The highest BCUT2D eigenvalue weighted by molar-refractivity contribution is 7.00. The molecule has 0 amide bonds. The molecule has 0 bridgehead atoms. The van der Waals surface area contributed by atoms with Crippen molar-refractivity contribution in [3.8, 4) is 0 Å². The molecule has 0 spiro atoms. The van der Waals surface area contributed by atoms with E-state index < -0.39 is 0 Å². The molecule has 0 fully saturated rings. The molecule has 0 aliphatic rings. The number of rotatable bonds is 3. The van der Waals surface area contributed by atoms with Crippen LogP contribution in [0.25, 0.3) is 21.5 Å². The Morgan fingerprint density at radius 3 is 2.69 bits per heavy atom. The minimum atomic E-state index is 0.0831. The monoisotopic (exact) mass is 233 g/mol. The molecule has 0 saturated carbocycles. The lowest BCUT2D eigenvalue weighted by atomic mass is 10.1. The number of hydrogen-bond acceptors (Lipinski definition) is 6. The first-order valence-electron chi connectivity index (χ1n) is 4.06. The molecule has 16 heavy (non-hydrogen) atoms. The summed E-state index contributed by atoms with van der Waals surface area (Å²) in [6.45, 7) is 0. The second kappa shape index (κ2) is 4.05. The van der Waals surface area contributed by atoms with Crippen molar-refractivity contribution in [2.24, 2.45) is 5.11 Å². The van der Waals surface area contributed by atoms with Crippen LogP contribution < -0.4 is 0 Å². The number of aromatic nitrogens is 2. The molecule has 2 aromatic rings. The van der Waals surface area contributed by atoms with Gasteiger partial charge in [0.2, 0.25) is 0 Å². The first-order valence-corrected chi connectivity index (χ1v) is 4.79. The molecule has 7 nitrogen and oxygen atoms in total. The summed E-state index contributed by atoms with van der Waals surface area (Å²) in [4.78, 5) is 24.3. The lowest BCUT2D eigenvalue weighted by molar-refractivity contribution is 0.111. The molecule has 0 unspecified atom stereocenters. The van der Waals surface area contributed by atoms with Crippen LogP contribution in [0.3, 0.4) is 0 Å². The standard InChI is InChI=1S/C8H3N5O2S/c9-13-10-6-1-4(2-14)7-8(5(6)3-15)12-16-11-7/h1-3H. The third-order valence-electron chi connectivity index (χ3n) is 1.98. The van der Waals surface area contributed by atoms with Gasteiger partial charge in [-0.15, -0.1) is 0 Å². The summed E-state index contributed by atoms with van der Waals surface area (Å²) in [5, 5.41) is 3.34. The molecule has 1 heterocycles. The summed E-state index contributed by atoms with van der Waals surface area (Å²) in [7, 11) is 0. The number of benzene rings is 1. The zero-order valence-corrected chi connectivity index (χ0v) is 8.51. The van der Waals surface area contributed by atoms with Gasteiger partial charge in [0.05, 0.1) is 23.0 Å². The van der Waals surface area contributed by atoms with Crippen molar-refractivity contribution in [2.75, 3.05) is 0 Å². The molecule has 78 valence electrons. The lowest BCUT2D eigenvalue weighted by Crippen LogP contribution is -1.90. The zero-order valence-electron chi connectivity index (χ0n) is 7.69. The van der Waals surface area contributed by atoms with Crippen molar-refractivity contribution < 1.29 is 9.59 Å². The van der Waals surface area contributed by atoms with Crippen LogP contribution in [0.15, 0.2) is 11.2 Å². The van der Waals surface area contributed by atoms with Crippen molar-refractivity contribution in [3.63, 3.8) is 0 Å². The van der Waals surface area contributed by atoms with Gasteiger partial charge in [0, 0.05) is 10.5 Å². The van der Waals surface area contributed by atoms with E-state index in [0.717, 1.165) is 11.7 Å². The van der Waals surface area contributed by atoms with Gasteiger partial charge in [0.1, 0.15) is 11.0 Å². The van der Waals surface area contributed by atoms with Crippen LogP contribution in [0.4, 0.5) is 5.69 Å². The van der Waals surface area contributed by atoms with Crippen LogP contribution in [0.2, 0.25) is 0 Å². The maximum Gasteiger partial charge on any atom is 0.152 e. The number of nitrogens with zero attached hydrogens (tertiary/aromatic N) is 5. The van der Waals surface area contributed by atoms with Crippen molar-refractivity contribution in [1.82, 2.24) is 8.75 Å². The molecule has 8 heteroatoms. The number of carbonyl (C=O) groups excluding carboxylic acids is 2. The van der Waals surface area contributed by atoms with E-state index in [4.69, 9.17) is 5.53 Å². The minimum absolute atomic E-state index is 0.0831. The molecule has 0 saturated heterocycles. The number of hydrogen-bond donors (Lipinski definition) is 0. The third kappa shape index (κ3) is 1.42. The van der Waals surface area contributed by atoms with Crippen molar-refractivity contribution in [3.05, 3.63) is 27.6 Å². The van der Waals surface area contributed by atoms with Crippen molar-refractivity contribution in [1.29, 1.82) is 0 Å². The van der Waals surface area contributed by atoms with Crippen molar-refractivity contribution in [2.45, 2.75) is 0 Å². The van der Waals surface area contributed by atoms with Gasteiger partial charge in [-0.3, -0.25) is 9.59 Å². The second-order valence-corrected chi connectivity index (χ2v) is 3.31. The van der Waals surface area contributed by atoms with Gasteiger partial charge in [0.25, 0.3) is 0 Å². The predicted octanol–water partition coefficient (Wildman–Crippen LogP) is 2.26. The number of aldehydes is 2. The Kier molecular flexibility index (Phi) is 2.59. The summed E-state index contributed by atoms with van der Waals surface area (Å²) in [5.74, 6) is 0. The Labute approximate surface area is 92.7 Å². The summed E-state index contributed by atoms with van der Waals surface area (Å²) < 4.78 is 7.80. The minimum Gasteiger partial charge on any atom is -0.298 e. The second-order valence-electron chi connectivity index (χ2n) is 2.79. The van der Waals surface area contributed by atoms with Crippen LogP contribution >= 0.6 is 11.7 Å². The van der Waals surface area contributed by atoms with Crippen LogP contribution in [0.5, 0.6) is 0 Å². The highest BCUT2D eigenvalue weighted by Gasteiger charge is 2.13. The van der Waals surface area contributed by atoms with E-state index in [1.165, 1.54) is 6.07 Å². The highest BCUT2D eigenvalue weighted by atomic mass is 32.1. The van der Waals surface area contributed by atoms with E-state index in [9.17, 15) is 9.59 Å². The SMILES string of the molecule is [N-]=[N+]=Nc1cc(C=O)c2nsnc2c1C=O. The average molecular weight is 233 g/mol. The van der Waals surface area contributed by atoms with Gasteiger partial charge in [0.15, 0.2) is 12.6 Å². The fraction of sp³-hybridized carbons (Fsp3) is 0. The molecule has 0 aliphatic heterocycles. The maximum atomic E-state index is 10.9. The molecular weight excluding hydrogens is 230 g/mol. The fourth-order valence-electron chi connectivity index (χ4n) is 1.31. The summed E-state index contributed by atoms with van der Waals surface area (Å²) >= 11 is 0.886. The topological polar surface area (TPSA) is 109 Å². The highest BCUT2D eigenvalue weighted by Crippen LogP contribution is 2.28. The number of fused-ring (bicyclic) bond motifs is 1. The normalized spacial score (nSPS) is 9.75. The van der Waals surface area contributed by atoms with Gasteiger partial charge in [-0.25, -0.2) is 0 Å². The number of carbonyl (C=O) groups is 2. The third-order valence-corrected chi connectivity index (χ3v) is 2.51. The molecule has 1 aromatic carbocycles. The van der Waals surface area contributed by atoms with Crippen molar-refractivity contribution >= 4 is 41.0 Å². The molecule has 0 aliphatic carbocycles. The molecular formula is C8H3N5O2S. The van der Waals surface area contributed by atoms with Crippen LogP contribution in [0, 0.1) is 0 Å². The zero-order chi connectivity index (χ0) is 11.5. The Morgan fingerprint density at radius 1 is 1.31 bits per heavy atom. The molecule has 1 aromatic heterocycles. The van der Waals surface area contributed by atoms with E-state index in [1.807, 2.05) is 0 Å². The average Bonchev–Trinajstić information content (AvgIpc) is 2.77. The predicted molar refractivity (Wildman–Crippen MR) is 57.0 cm³/mol. The lowest BCUT2D eigenvalue weighted by Gasteiger charge is -1.99. The Hall–Kier alpha value is -2.31. The van der Waals surface area contributed by atoms with Gasteiger partial charge in [-0.1, -0.05) is 5.11 Å². The summed E-state index contributed by atoms with van der Waals surface area (Å²) in [5.41, 5.74) is 9.45. The molecule has 2 rings (SSSR count). The van der Waals surface area contributed by atoms with E-state index in [2.05, 4.69) is 18.8 Å². The van der Waals surface area contributed by atoms with E-state index >= 15 is 0 Å². The summed E-state index contributed by atoms with van der Waals surface area (Å²) in [6.07, 6.45) is 1.11. The Balaban J connectivity index is 2.94.